The summed E-state index contributed by atoms with van der Waals surface area (Å²) in [4.78, 5) is 13.0. The maximum Gasteiger partial charge on any atom is 0.255 e. The van der Waals surface area contributed by atoms with Crippen molar-refractivity contribution in [1.82, 2.24) is 9.72 Å². The van der Waals surface area contributed by atoms with Crippen molar-refractivity contribution in [2.75, 3.05) is 7.11 Å². The number of benzene rings is 3. The first-order chi connectivity index (χ1) is 17.2. The highest BCUT2D eigenvalue weighted by molar-refractivity contribution is 7.90. The van der Waals surface area contributed by atoms with E-state index in [9.17, 15) is 17.6 Å². The third-order valence-electron chi connectivity index (χ3n) is 5.67. The van der Waals surface area contributed by atoms with E-state index in [2.05, 4.69) is 5.16 Å². The Bertz CT molecular complexity index is 1750. The van der Waals surface area contributed by atoms with E-state index in [1.54, 1.807) is 36.4 Å². The Kier molecular flexibility index (Phi) is 6.11. The van der Waals surface area contributed by atoms with Crippen molar-refractivity contribution in [3.8, 4) is 22.6 Å². The summed E-state index contributed by atoms with van der Waals surface area (Å²) < 4.78 is 51.4. The number of aromatic nitrogens is 2. The molecular formula is C26H18ClFN2O5S. The van der Waals surface area contributed by atoms with E-state index in [0.717, 1.165) is 0 Å². The lowest BCUT2D eigenvalue weighted by Crippen LogP contribution is -2.18. The average Bonchev–Trinajstić information content (AvgIpc) is 3.35. The van der Waals surface area contributed by atoms with Crippen molar-refractivity contribution in [2.45, 2.75) is 10.6 Å². The van der Waals surface area contributed by atoms with Crippen molar-refractivity contribution in [3.63, 3.8) is 0 Å². The summed E-state index contributed by atoms with van der Waals surface area (Å²) in [5.41, 5.74) is 2.09. The number of halogens is 2. The number of rotatable bonds is 6. The molecule has 0 saturated heterocycles. The van der Waals surface area contributed by atoms with Crippen LogP contribution in [-0.2, 0) is 15.6 Å². The molecule has 36 heavy (non-hydrogen) atoms. The van der Waals surface area contributed by atoms with Crippen LogP contribution in [0, 0.1) is 5.82 Å². The number of fused-ring (bicyclic) bond motifs is 1. The topological polar surface area (TPSA) is 91.4 Å². The number of hydrogen-bond donors (Lipinski definition) is 0. The smallest absolute Gasteiger partial charge is 0.255 e. The molecule has 0 bridgehead atoms. The normalized spacial score (nSPS) is 11.6. The molecule has 0 N–H and O–H groups in total. The van der Waals surface area contributed by atoms with Gasteiger partial charge in [-0.2, -0.15) is 0 Å². The van der Waals surface area contributed by atoms with Gasteiger partial charge >= 0.3 is 0 Å². The van der Waals surface area contributed by atoms with Gasteiger partial charge in [-0.15, -0.1) is 0 Å². The lowest BCUT2D eigenvalue weighted by molar-refractivity contribution is 0.413. The Morgan fingerprint density at radius 3 is 2.56 bits per heavy atom. The van der Waals surface area contributed by atoms with Crippen LogP contribution in [0.15, 0.2) is 93.3 Å². The first-order valence-corrected chi connectivity index (χ1v) is 12.7. The van der Waals surface area contributed by atoms with Gasteiger partial charge in [0, 0.05) is 22.5 Å². The molecule has 7 nitrogen and oxygen atoms in total. The molecule has 0 aliphatic rings. The summed E-state index contributed by atoms with van der Waals surface area (Å²) in [5.74, 6) is -0.418. The first kappa shape index (κ1) is 23.8. The number of sulfone groups is 1. The average molecular weight is 525 g/mol. The molecule has 5 rings (SSSR count). The predicted octanol–water partition coefficient (Wildman–Crippen LogP) is 5.42. The molecule has 0 aliphatic heterocycles. The predicted molar refractivity (Wildman–Crippen MR) is 134 cm³/mol. The molecule has 10 heteroatoms. The Labute approximate surface area is 210 Å². The molecule has 3 aromatic carbocycles. The van der Waals surface area contributed by atoms with Gasteiger partial charge in [-0.1, -0.05) is 22.8 Å². The summed E-state index contributed by atoms with van der Waals surface area (Å²) in [7, 11) is -2.23. The molecule has 182 valence electrons. The van der Waals surface area contributed by atoms with E-state index >= 15 is 0 Å². The maximum absolute atomic E-state index is 13.9. The molecule has 0 spiro atoms. The molecule has 2 aromatic heterocycles. The Morgan fingerprint density at radius 2 is 1.83 bits per heavy atom. The highest BCUT2D eigenvalue weighted by Crippen LogP contribution is 2.32. The van der Waals surface area contributed by atoms with E-state index in [4.69, 9.17) is 20.9 Å². The second-order valence-corrected chi connectivity index (χ2v) is 10.4. The van der Waals surface area contributed by atoms with Gasteiger partial charge in [0.1, 0.15) is 23.6 Å². The van der Waals surface area contributed by atoms with E-state index in [1.165, 1.54) is 54.3 Å². The van der Waals surface area contributed by atoms with Crippen LogP contribution < -0.4 is 10.3 Å². The SMILES string of the molecule is COc1cc(-c2cc(F)cc(Cl)c2)ccc1-n1c(=O)ccc2cc(S(=O)(=O)Cc3ccon3)ccc21. The van der Waals surface area contributed by atoms with Crippen LogP contribution in [0.1, 0.15) is 5.69 Å². The zero-order valence-electron chi connectivity index (χ0n) is 18.8. The minimum atomic E-state index is -3.69. The fourth-order valence-corrected chi connectivity index (χ4v) is 5.53. The molecule has 0 fully saturated rings. The highest BCUT2D eigenvalue weighted by atomic mass is 35.5. The summed E-state index contributed by atoms with van der Waals surface area (Å²) in [6, 6.07) is 18.2. The number of nitrogens with zero attached hydrogens (tertiary/aromatic N) is 2. The molecular weight excluding hydrogens is 507 g/mol. The van der Waals surface area contributed by atoms with Crippen LogP contribution >= 0.6 is 11.6 Å². The molecule has 0 amide bonds. The number of ether oxygens (including phenoxy) is 1. The Morgan fingerprint density at radius 1 is 1.00 bits per heavy atom. The molecule has 0 radical (unpaired) electrons. The van der Waals surface area contributed by atoms with Gasteiger partial charge in [-0.05, 0) is 65.7 Å². The first-order valence-electron chi connectivity index (χ1n) is 10.7. The number of pyridine rings is 1. The molecule has 2 heterocycles. The zero-order chi connectivity index (χ0) is 25.4. The van der Waals surface area contributed by atoms with Crippen LogP contribution in [0.2, 0.25) is 5.02 Å². The molecule has 0 aliphatic carbocycles. The highest BCUT2D eigenvalue weighted by Gasteiger charge is 2.19. The third kappa shape index (κ3) is 4.50. The van der Waals surface area contributed by atoms with Crippen molar-refractivity contribution in [2.24, 2.45) is 0 Å². The van der Waals surface area contributed by atoms with Crippen molar-refractivity contribution in [1.29, 1.82) is 0 Å². The van der Waals surface area contributed by atoms with Crippen LogP contribution in [0.5, 0.6) is 5.75 Å². The second-order valence-electron chi connectivity index (χ2n) is 8.02. The van der Waals surface area contributed by atoms with E-state index < -0.39 is 15.7 Å². The zero-order valence-corrected chi connectivity index (χ0v) is 20.4. The number of methoxy groups -OCH3 is 1. The summed E-state index contributed by atoms with van der Waals surface area (Å²) in [6.07, 6.45) is 1.31. The molecule has 0 atom stereocenters. The standard InChI is InChI=1S/C26H18ClFN2O5S/c1-34-25-13-16(18-10-19(27)14-20(28)11-18)2-5-24(25)30-23-6-4-22(12-17(23)3-7-26(30)31)36(32,33)15-21-8-9-35-29-21/h2-14H,15H2,1H3. The summed E-state index contributed by atoms with van der Waals surface area (Å²) >= 11 is 6.00. The van der Waals surface area contributed by atoms with Crippen LogP contribution in [0.3, 0.4) is 0 Å². The largest absolute Gasteiger partial charge is 0.495 e. The summed E-state index contributed by atoms with van der Waals surface area (Å²) in [6.45, 7) is 0. The molecule has 0 saturated carbocycles. The van der Waals surface area contributed by atoms with Crippen molar-refractivity contribution < 1.29 is 22.1 Å². The van der Waals surface area contributed by atoms with Gasteiger partial charge in [-0.3, -0.25) is 9.36 Å². The van der Waals surface area contributed by atoms with Crippen molar-refractivity contribution in [3.05, 3.63) is 106 Å². The fraction of sp³-hybridized carbons (Fsp3) is 0.0769. The van der Waals surface area contributed by atoms with Crippen LogP contribution in [-0.4, -0.2) is 25.3 Å². The lowest BCUT2D eigenvalue weighted by atomic mass is 10.0. The Hall–Kier alpha value is -3.95. The second kappa shape index (κ2) is 9.25. The van der Waals surface area contributed by atoms with Gasteiger partial charge in [0.2, 0.25) is 0 Å². The quantitative estimate of drug-likeness (QED) is 0.294. The van der Waals surface area contributed by atoms with Gasteiger partial charge in [-0.25, -0.2) is 12.8 Å². The van der Waals surface area contributed by atoms with Gasteiger partial charge in [0.05, 0.1) is 28.9 Å². The minimum absolute atomic E-state index is 0.0912. The fourth-order valence-electron chi connectivity index (χ4n) is 4.02. The lowest BCUT2D eigenvalue weighted by Gasteiger charge is -2.16. The minimum Gasteiger partial charge on any atom is -0.495 e. The van der Waals surface area contributed by atoms with Crippen LogP contribution in [0.4, 0.5) is 4.39 Å². The third-order valence-corrected chi connectivity index (χ3v) is 7.54. The molecule has 0 unspecified atom stereocenters. The van der Waals surface area contributed by atoms with E-state index in [1.807, 2.05) is 0 Å². The number of hydrogen-bond acceptors (Lipinski definition) is 6. The Balaban J connectivity index is 1.61. The van der Waals surface area contributed by atoms with Gasteiger partial charge in [0.25, 0.3) is 5.56 Å². The maximum atomic E-state index is 13.9. The summed E-state index contributed by atoms with van der Waals surface area (Å²) in [5, 5.41) is 4.47. The van der Waals surface area contributed by atoms with Crippen molar-refractivity contribution >= 4 is 32.3 Å². The van der Waals surface area contributed by atoms with E-state index in [0.29, 0.717) is 39.2 Å². The monoisotopic (exact) mass is 524 g/mol. The van der Waals surface area contributed by atoms with Gasteiger partial charge in [0.15, 0.2) is 9.84 Å². The van der Waals surface area contributed by atoms with E-state index in [-0.39, 0.29) is 21.2 Å². The molecule has 5 aromatic rings. The van der Waals surface area contributed by atoms with Gasteiger partial charge < -0.3 is 9.26 Å². The van der Waals surface area contributed by atoms with Crippen LogP contribution in [0.25, 0.3) is 27.7 Å².